The van der Waals surface area contributed by atoms with E-state index in [4.69, 9.17) is 28.3 Å². The summed E-state index contributed by atoms with van der Waals surface area (Å²) >= 11 is 0. The highest BCUT2D eigenvalue weighted by Gasteiger charge is 2.26. The van der Waals surface area contributed by atoms with E-state index in [1.165, 1.54) is 12.1 Å². The maximum Gasteiger partial charge on any atom is 0.258 e. The Morgan fingerprint density at radius 1 is 0.955 bits per heavy atom. The number of fused-ring (bicyclic) bond motifs is 1. The zero-order chi connectivity index (χ0) is 30.8. The molecule has 0 atom stereocenters. The second-order valence-electron chi connectivity index (χ2n) is 11.5. The third kappa shape index (κ3) is 6.94. The predicted octanol–water partition coefficient (Wildman–Crippen LogP) is 3.51. The molecule has 3 N–H and O–H groups in total. The Labute approximate surface area is 259 Å². The van der Waals surface area contributed by atoms with E-state index in [0.29, 0.717) is 73.8 Å². The van der Waals surface area contributed by atoms with Crippen LogP contribution in [-0.4, -0.2) is 95.2 Å². The molecule has 0 saturated carbocycles. The van der Waals surface area contributed by atoms with Crippen molar-refractivity contribution in [2.45, 2.75) is 30.5 Å². The molecular formula is C31H31B3F2N6O2. The van der Waals surface area contributed by atoms with Gasteiger partial charge in [0.05, 0.1) is 34.6 Å². The number of nitrogens with zero attached hydrogens (tertiary/aromatic N) is 3. The van der Waals surface area contributed by atoms with Gasteiger partial charge in [-0.2, -0.15) is 5.10 Å². The number of piperazine rings is 1. The highest BCUT2D eigenvalue weighted by molar-refractivity contribution is 6.59. The number of hydrogen-bond donors (Lipinski definition) is 3. The van der Waals surface area contributed by atoms with Crippen molar-refractivity contribution in [3.05, 3.63) is 82.9 Å². The molecule has 6 radical (unpaired) electrons. The summed E-state index contributed by atoms with van der Waals surface area (Å²) in [6.07, 6.45) is 1.98. The summed E-state index contributed by atoms with van der Waals surface area (Å²) in [7, 11) is 17.6. The molecule has 4 aromatic rings. The second-order valence-corrected chi connectivity index (χ2v) is 11.5. The topological polar surface area (TPSA) is 85.5 Å². The maximum absolute atomic E-state index is 13.7. The number of carbonyl (C=O) groups excluding carboxylic acids is 1. The van der Waals surface area contributed by atoms with Gasteiger partial charge < -0.3 is 25.2 Å². The Hall–Kier alpha value is -3.83. The lowest BCUT2D eigenvalue weighted by molar-refractivity contribution is 0.0904. The van der Waals surface area contributed by atoms with Crippen molar-refractivity contribution < 1.29 is 18.3 Å². The first-order valence-electron chi connectivity index (χ1n) is 14.7. The number of halogens is 2. The van der Waals surface area contributed by atoms with Gasteiger partial charge in [0.2, 0.25) is 0 Å². The van der Waals surface area contributed by atoms with Gasteiger partial charge in [-0.1, -0.05) is 11.3 Å². The molecule has 0 bridgehead atoms. The van der Waals surface area contributed by atoms with E-state index in [1.807, 2.05) is 41.3 Å². The molecule has 2 aliphatic rings. The molecule has 1 aromatic heterocycles. The lowest BCUT2D eigenvalue weighted by Gasteiger charge is -2.44. The van der Waals surface area contributed by atoms with Gasteiger partial charge in [0.25, 0.3) is 5.91 Å². The van der Waals surface area contributed by atoms with Crippen molar-refractivity contribution in [2.75, 3.05) is 54.9 Å². The Balaban J connectivity index is 1.24. The van der Waals surface area contributed by atoms with Crippen LogP contribution in [0.3, 0.4) is 0 Å². The minimum Gasteiger partial charge on any atom is -0.381 e. The van der Waals surface area contributed by atoms with Gasteiger partial charge in [-0.05, 0) is 72.9 Å². The normalized spacial score (nSPS) is 16.7. The minimum atomic E-state index is -1.36. The zero-order valence-electron chi connectivity index (χ0n) is 24.3. The molecule has 0 aliphatic carbocycles. The molecule has 220 valence electrons. The monoisotopic (exact) mass is 590 g/mol. The lowest BCUT2D eigenvalue weighted by Crippen LogP contribution is -2.58. The van der Waals surface area contributed by atoms with Crippen molar-refractivity contribution in [1.29, 1.82) is 0 Å². The van der Waals surface area contributed by atoms with E-state index in [2.05, 4.69) is 25.7 Å². The first kappa shape index (κ1) is 30.2. The van der Waals surface area contributed by atoms with Crippen LogP contribution in [0.25, 0.3) is 10.9 Å². The average molecular weight is 590 g/mol. The average Bonchev–Trinajstić information content (AvgIpc) is 3.38. The predicted molar refractivity (Wildman–Crippen MR) is 171 cm³/mol. The third-order valence-electron chi connectivity index (χ3n) is 8.21. The van der Waals surface area contributed by atoms with E-state index in [0.717, 1.165) is 35.7 Å². The van der Waals surface area contributed by atoms with Gasteiger partial charge in [0.1, 0.15) is 11.6 Å². The highest BCUT2D eigenvalue weighted by atomic mass is 19.1. The maximum atomic E-state index is 13.7. The van der Waals surface area contributed by atoms with Crippen molar-refractivity contribution >= 4 is 57.5 Å². The third-order valence-corrected chi connectivity index (χ3v) is 8.21. The molecule has 13 heteroatoms. The van der Waals surface area contributed by atoms with Crippen LogP contribution in [0, 0.1) is 11.6 Å². The summed E-state index contributed by atoms with van der Waals surface area (Å²) in [4.78, 5) is 17.8. The Morgan fingerprint density at radius 2 is 1.68 bits per heavy atom. The van der Waals surface area contributed by atoms with Crippen LogP contribution < -0.4 is 15.5 Å². The molecule has 2 fully saturated rings. The molecule has 0 unspecified atom stereocenters. The van der Waals surface area contributed by atoms with E-state index in [1.54, 1.807) is 0 Å². The number of benzene rings is 3. The molecule has 8 nitrogen and oxygen atoms in total. The van der Waals surface area contributed by atoms with Gasteiger partial charge in [-0.15, -0.1) is 0 Å². The molecular weight excluding hydrogens is 559 g/mol. The number of ether oxygens (including phenoxy) is 1. The summed E-state index contributed by atoms with van der Waals surface area (Å²) < 4.78 is 33.0. The number of rotatable bonds is 8. The quantitative estimate of drug-likeness (QED) is 0.273. The molecule has 2 aliphatic heterocycles. The van der Waals surface area contributed by atoms with E-state index >= 15 is 0 Å². The summed E-state index contributed by atoms with van der Waals surface area (Å²) in [5.74, 6) is -1.21. The highest BCUT2D eigenvalue weighted by Crippen LogP contribution is 2.30. The number of carbonyl (C=O) groups is 1. The number of H-pyrrole nitrogens is 1. The SMILES string of the molecule is [B]C([B])([B])N1CCN(c2ccc(C(=O)Nc3n[nH]c4ccc(Cc5cc(F)cc(F)c5)cc34)c(NC3CCOCC3)c2)CC1. The van der Waals surface area contributed by atoms with Crippen molar-refractivity contribution in [3.8, 4) is 0 Å². The Kier molecular flexibility index (Phi) is 8.69. The Morgan fingerprint density at radius 3 is 2.39 bits per heavy atom. The van der Waals surface area contributed by atoms with Gasteiger partial charge in [0, 0.05) is 68.3 Å². The van der Waals surface area contributed by atoms with Crippen molar-refractivity contribution in [2.24, 2.45) is 0 Å². The van der Waals surface area contributed by atoms with Gasteiger partial charge >= 0.3 is 0 Å². The van der Waals surface area contributed by atoms with Crippen LogP contribution in [-0.2, 0) is 11.2 Å². The molecule has 6 rings (SSSR count). The summed E-state index contributed by atoms with van der Waals surface area (Å²) in [5, 5.41) is 13.2. The number of amides is 1. The smallest absolute Gasteiger partial charge is 0.258 e. The van der Waals surface area contributed by atoms with Crippen LogP contribution in [0.4, 0.5) is 26.0 Å². The van der Waals surface area contributed by atoms with Crippen molar-refractivity contribution in [1.82, 2.24) is 15.1 Å². The first-order valence-corrected chi connectivity index (χ1v) is 14.7. The van der Waals surface area contributed by atoms with Crippen LogP contribution in [0.15, 0.2) is 54.6 Å². The molecule has 3 heterocycles. The standard InChI is InChI=1S/C31H31B3F2N6O2/c32-31(33,34)42-9-7-41(8-10-42)24-2-3-25(28(18-24)37-23-5-11-44-12-6-23)30(43)38-29-26-16-19(1-4-27(26)39-40-29)13-20-14-21(35)17-22(36)15-20/h1-4,14-18,23,37H,5-13H2,(H2,38,39,40,43). The number of aromatic nitrogens is 2. The molecule has 44 heavy (non-hydrogen) atoms. The fourth-order valence-electron chi connectivity index (χ4n) is 5.85. The molecule has 0 spiro atoms. The van der Waals surface area contributed by atoms with Crippen LogP contribution in [0.1, 0.15) is 34.3 Å². The molecule has 3 aromatic carbocycles. The zero-order valence-corrected chi connectivity index (χ0v) is 24.3. The fourth-order valence-corrected chi connectivity index (χ4v) is 5.85. The largest absolute Gasteiger partial charge is 0.381 e. The summed E-state index contributed by atoms with van der Waals surface area (Å²) in [6, 6.07) is 14.9. The summed E-state index contributed by atoms with van der Waals surface area (Å²) in [6.45, 7) is 3.89. The summed E-state index contributed by atoms with van der Waals surface area (Å²) in [5.41, 5.74) is 4.22. The fraction of sp³-hybridized carbons (Fsp3) is 0.355. The molecule has 1 amide bonds. The number of hydrogen-bond acceptors (Lipinski definition) is 6. The van der Waals surface area contributed by atoms with E-state index < -0.39 is 16.9 Å². The number of anilines is 3. The van der Waals surface area contributed by atoms with E-state index in [-0.39, 0.29) is 11.9 Å². The lowest BCUT2D eigenvalue weighted by atomic mass is 9.48. The van der Waals surface area contributed by atoms with Crippen LogP contribution >= 0.6 is 0 Å². The van der Waals surface area contributed by atoms with E-state index in [9.17, 15) is 13.6 Å². The first-order chi connectivity index (χ1) is 21.1. The second kappa shape index (κ2) is 12.7. The van der Waals surface area contributed by atoms with Crippen molar-refractivity contribution in [3.63, 3.8) is 0 Å². The van der Waals surface area contributed by atoms with Crippen LogP contribution in [0.2, 0.25) is 0 Å². The number of aromatic amines is 1. The van der Waals surface area contributed by atoms with Gasteiger partial charge in [-0.25, -0.2) is 8.78 Å². The minimum absolute atomic E-state index is 0.163. The molecule has 2 saturated heterocycles. The van der Waals surface area contributed by atoms with Gasteiger partial charge in [-0.3, -0.25) is 9.89 Å². The number of nitrogens with one attached hydrogen (secondary N) is 3. The van der Waals surface area contributed by atoms with Crippen LogP contribution in [0.5, 0.6) is 0 Å². The Bertz CT molecular complexity index is 1630. The van der Waals surface area contributed by atoms with Gasteiger partial charge in [0.15, 0.2) is 5.82 Å².